The van der Waals surface area contributed by atoms with Crippen LogP contribution in [0.2, 0.25) is 0 Å². The van der Waals surface area contributed by atoms with E-state index in [1.165, 1.54) is 0 Å². The average Bonchev–Trinajstić information content (AvgIpc) is 2.35. The van der Waals surface area contributed by atoms with Crippen molar-refractivity contribution in [3.05, 3.63) is 12.1 Å². The van der Waals surface area contributed by atoms with Crippen LogP contribution in [-0.2, 0) is 9.53 Å². The van der Waals surface area contributed by atoms with E-state index in [-0.39, 0.29) is 12.5 Å². The molecule has 98 valence electrons. The van der Waals surface area contributed by atoms with Crippen LogP contribution >= 0.6 is 0 Å². The van der Waals surface area contributed by atoms with Crippen LogP contribution in [0.5, 0.6) is 11.5 Å². The second-order valence-electron chi connectivity index (χ2n) is 3.77. The number of nitrogen functional groups attached to an aromatic ring is 1. The molecule has 0 aromatic heterocycles. The van der Waals surface area contributed by atoms with Crippen molar-refractivity contribution in [2.45, 2.75) is 6.92 Å². The fourth-order valence-corrected chi connectivity index (χ4v) is 1.60. The molecule has 1 aromatic rings. The molecule has 0 bridgehead atoms. The molecule has 18 heavy (non-hydrogen) atoms. The summed E-state index contributed by atoms with van der Waals surface area (Å²) in [5, 5.41) is 2.70. The molecule has 1 heterocycles. The van der Waals surface area contributed by atoms with Crippen LogP contribution in [0.3, 0.4) is 0 Å². The molecule has 0 unspecified atom stereocenters. The van der Waals surface area contributed by atoms with E-state index in [1.807, 2.05) is 6.92 Å². The summed E-state index contributed by atoms with van der Waals surface area (Å²) in [6.45, 7) is 3.48. The second kappa shape index (κ2) is 5.59. The fraction of sp³-hybridized carbons (Fsp3) is 0.417. The van der Waals surface area contributed by atoms with Crippen molar-refractivity contribution < 1.29 is 19.0 Å². The van der Waals surface area contributed by atoms with Crippen molar-refractivity contribution >= 4 is 17.3 Å². The topological polar surface area (TPSA) is 82.8 Å². The van der Waals surface area contributed by atoms with Gasteiger partial charge >= 0.3 is 0 Å². The zero-order valence-electron chi connectivity index (χ0n) is 10.2. The number of hydrogen-bond donors (Lipinski definition) is 2. The fourth-order valence-electron chi connectivity index (χ4n) is 1.60. The molecule has 0 aliphatic carbocycles. The quantitative estimate of drug-likeness (QED) is 0.603. The molecule has 2 rings (SSSR count). The number of fused-ring (bicyclic) bond motifs is 1. The van der Waals surface area contributed by atoms with Crippen molar-refractivity contribution in [1.29, 1.82) is 0 Å². The highest BCUT2D eigenvalue weighted by atomic mass is 16.5. The summed E-state index contributed by atoms with van der Waals surface area (Å²) in [5.41, 5.74) is 6.88. The minimum absolute atomic E-state index is 0.0109. The number of carbonyl (C=O) groups excluding carboxylic acids is 1. The summed E-state index contributed by atoms with van der Waals surface area (Å²) in [7, 11) is 0. The van der Waals surface area contributed by atoms with E-state index < -0.39 is 0 Å². The number of hydrogen-bond acceptors (Lipinski definition) is 5. The minimum Gasteiger partial charge on any atom is -0.489 e. The first-order valence-electron chi connectivity index (χ1n) is 5.77. The molecule has 6 nitrogen and oxygen atoms in total. The summed E-state index contributed by atoms with van der Waals surface area (Å²) in [4.78, 5) is 11.2. The second-order valence-corrected chi connectivity index (χ2v) is 3.77. The third-order valence-corrected chi connectivity index (χ3v) is 2.43. The summed E-state index contributed by atoms with van der Waals surface area (Å²) in [6, 6.07) is 3.30. The van der Waals surface area contributed by atoms with E-state index in [4.69, 9.17) is 19.9 Å². The van der Waals surface area contributed by atoms with Gasteiger partial charge < -0.3 is 25.3 Å². The van der Waals surface area contributed by atoms with Gasteiger partial charge in [0.05, 0.1) is 18.0 Å². The zero-order chi connectivity index (χ0) is 13.0. The Labute approximate surface area is 105 Å². The standard InChI is InChI=1S/C12H16N2O4/c1-2-16-3-4-17-10-6-9-11(5-8(10)13)18-7-12(15)14-9/h5-6H,2-4,7,13H2,1H3,(H,14,15). The van der Waals surface area contributed by atoms with Gasteiger partial charge in [-0.1, -0.05) is 0 Å². The highest BCUT2D eigenvalue weighted by Gasteiger charge is 2.18. The smallest absolute Gasteiger partial charge is 0.262 e. The normalized spacial score (nSPS) is 13.5. The lowest BCUT2D eigenvalue weighted by Crippen LogP contribution is -2.25. The van der Waals surface area contributed by atoms with Gasteiger partial charge in [0.25, 0.3) is 5.91 Å². The molecule has 0 radical (unpaired) electrons. The maximum absolute atomic E-state index is 11.2. The van der Waals surface area contributed by atoms with E-state index >= 15 is 0 Å². The number of benzene rings is 1. The molecule has 1 aliphatic rings. The van der Waals surface area contributed by atoms with Crippen LogP contribution < -0.4 is 20.5 Å². The Morgan fingerprint density at radius 1 is 1.44 bits per heavy atom. The first-order valence-corrected chi connectivity index (χ1v) is 5.77. The number of nitrogens with one attached hydrogen (secondary N) is 1. The van der Waals surface area contributed by atoms with Crippen LogP contribution in [0.4, 0.5) is 11.4 Å². The number of carbonyl (C=O) groups is 1. The predicted octanol–water partition coefficient (Wildman–Crippen LogP) is 1.02. The van der Waals surface area contributed by atoms with Gasteiger partial charge in [-0.15, -0.1) is 0 Å². The van der Waals surface area contributed by atoms with Gasteiger partial charge in [0.15, 0.2) is 6.61 Å². The van der Waals surface area contributed by atoms with Crippen LogP contribution in [-0.4, -0.2) is 32.3 Å². The van der Waals surface area contributed by atoms with Crippen molar-refractivity contribution in [3.8, 4) is 11.5 Å². The molecule has 6 heteroatoms. The van der Waals surface area contributed by atoms with Crippen molar-refractivity contribution in [2.24, 2.45) is 0 Å². The van der Waals surface area contributed by atoms with Gasteiger partial charge in [-0.2, -0.15) is 0 Å². The molecule has 0 atom stereocenters. The zero-order valence-corrected chi connectivity index (χ0v) is 10.2. The van der Waals surface area contributed by atoms with Crippen LogP contribution in [0.1, 0.15) is 6.92 Å². The number of ether oxygens (including phenoxy) is 3. The first-order chi connectivity index (χ1) is 8.70. The minimum atomic E-state index is -0.187. The largest absolute Gasteiger partial charge is 0.489 e. The number of anilines is 2. The summed E-state index contributed by atoms with van der Waals surface area (Å²) in [6.07, 6.45) is 0. The van der Waals surface area contributed by atoms with Gasteiger partial charge in [0, 0.05) is 18.7 Å². The van der Waals surface area contributed by atoms with Gasteiger partial charge in [-0.25, -0.2) is 0 Å². The maximum Gasteiger partial charge on any atom is 0.262 e. The first kappa shape index (κ1) is 12.5. The molecule has 3 N–H and O–H groups in total. The third kappa shape index (κ3) is 2.84. The highest BCUT2D eigenvalue weighted by Crippen LogP contribution is 2.36. The predicted molar refractivity (Wildman–Crippen MR) is 67.0 cm³/mol. The number of rotatable bonds is 5. The van der Waals surface area contributed by atoms with Gasteiger partial charge in [0.1, 0.15) is 18.1 Å². The highest BCUT2D eigenvalue weighted by molar-refractivity contribution is 5.96. The lowest BCUT2D eigenvalue weighted by atomic mass is 10.2. The van der Waals surface area contributed by atoms with Crippen molar-refractivity contribution in [3.63, 3.8) is 0 Å². The summed E-state index contributed by atoms with van der Waals surface area (Å²) < 4.78 is 15.9. The molecular weight excluding hydrogens is 236 g/mol. The lowest BCUT2D eigenvalue weighted by molar-refractivity contribution is -0.118. The van der Waals surface area contributed by atoms with Crippen LogP contribution in [0.25, 0.3) is 0 Å². The lowest BCUT2D eigenvalue weighted by Gasteiger charge is -2.20. The van der Waals surface area contributed by atoms with E-state index in [9.17, 15) is 4.79 Å². The number of amides is 1. The Morgan fingerprint density at radius 2 is 2.28 bits per heavy atom. The molecule has 0 spiro atoms. The Hall–Kier alpha value is -1.95. The van der Waals surface area contributed by atoms with E-state index in [0.717, 1.165) is 0 Å². The summed E-state index contributed by atoms with van der Waals surface area (Å²) >= 11 is 0. The number of nitrogens with two attached hydrogens (primary N) is 1. The molecule has 0 saturated carbocycles. The Kier molecular flexibility index (Phi) is 3.88. The SMILES string of the molecule is CCOCCOc1cc2c(cc1N)OCC(=O)N2. The maximum atomic E-state index is 11.2. The van der Waals surface area contributed by atoms with Gasteiger partial charge in [0.2, 0.25) is 0 Å². The molecule has 0 fully saturated rings. The Balaban J connectivity index is 2.06. The monoisotopic (exact) mass is 252 g/mol. The van der Waals surface area contributed by atoms with Crippen LogP contribution in [0.15, 0.2) is 12.1 Å². The molecule has 1 amide bonds. The van der Waals surface area contributed by atoms with Crippen LogP contribution in [0, 0.1) is 0 Å². The van der Waals surface area contributed by atoms with E-state index in [1.54, 1.807) is 12.1 Å². The summed E-state index contributed by atoms with van der Waals surface area (Å²) in [5.74, 6) is 0.885. The Morgan fingerprint density at radius 3 is 3.06 bits per heavy atom. The van der Waals surface area contributed by atoms with Crippen molar-refractivity contribution in [1.82, 2.24) is 0 Å². The molecular formula is C12H16N2O4. The van der Waals surface area contributed by atoms with Gasteiger partial charge in [-0.05, 0) is 6.92 Å². The average molecular weight is 252 g/mol. The van der Waals surface area contributed by atoms with E-state index in [2.05, 4.69) is 5.32 Å². The Bertz CT molecular complexity index is 448. The molecule has 0 saturated heterocycles. The third-order valence-electron chi connectivity index (χ3n) is 2.43. The van der Waals surface area contributed by atoms with E-state index in [0.29, 0.717) is 42.7 Å². The molecule has 1 aliphatic heterocycles. The van der Waals surface area contributed by atoms with Gasteiger partial charge in [-0.3, -0.25) is 4.79 Å². The molecule has 1 aromatic carbocycles. The van der Waals surface area contributed by atoms with Crippen molar-refractivity contribution in [2.75, 3.05) is 37.5 Å².